The quantitative estimate of drug-likeness (QED) is 0.545. The molecular formula is C17H28N2O2Si. The predicted octanol–water partition coefficient (Wildman–Crippen LogP) is 3.21. The number of hydrogen-bond acceptors (Lipinski definition) is 4. The zero-order chi connectivity index (χ0) is 15.7. The van der Waals surface area contributed by atoms with Gasteiger partial charge in [-0.1, -0.05) is 30.3 Å². The van der Waals surface area contributed by atoms with Gasteiger partial charge in [0, 0.05) is 32.0 Å². The summed E-state index contributed by atoms with van der Waals surface area (Å²) in [6.07, 6.45) is 4.40. The van der Waals surface area contributed by atoms with Crippen LogP contribution in [0, 0.1) is 0 Å². The van der Waals surface area contributed by atoms with E-state index in [9.17, 15) is 0 Å². The highest BCUT2D eigenvalue weighted by atomic mass is 28.4. The van der Waals surface area contributed by atoms with Crippen LogP contribution in [-0.4, -0.2) is 52.4 Å². The van der Waals surface area contributed by atoms with Gasteiger partial charge in [-0.25, -0.2) is 0 Å². The molecule has 0 N–H and O–H groups in total. The van der Waals surface area contributed by atoms with Crippen LogP contribution in [0.1, 0.15) is 32.3 Å². The van der Waals surface area contributed by atoms with Gasteiger partial charge in [-0.3, -0.25) is 9.56 Å². The summed E-state index contributed by atoms with van der Waals surface area (Å²) in [7, 11) is -2.18. The van der Waals surface area contributed by atoms with Gasteiger partial charge in [-0.2, -0.15) is 0 Å². The summed E-state index contributed by atoms with van der Waals surface area (Å²) >= 11 is 0. The van der Waals surface area contributed by atoms with Crippen LogP contribution in [0.15, 0.2) is 35.3 Å². The van der Waals surface area contributed by atoms with E-state index < -0.39 is 8.72 Å². The lowest BCUT2D eigenvalue weighted by atomic mass is 10.2. The molecule has 122 valence electrons. The Bertz CT molecular complexity index is 442. The molecule has 0 amide bonds. The zero-order valence-electron chi connectivity index (χ0n) is 13.8. The van der Waals surface area contributed by atoms with Crippen LogP contribution >= 0.6 is 0 Å². The summed E-state index contributed by atoms with van der Waals surface area (Å²) in [5.74, 6) is 0. The molecule has 5 heteroatoms. The van der Waals surface area contributed by atoms with E-state index in [0.717, 1.165) is 44.5 Å². The smallest absolute Gasteiger partial charge is 0.383 e. The molecule has 1 saturated heterocycles. The molecule has 0 unspecified atom stereocenters. The van der Waals surface area contributed by atoms with Crippen molar-refractivity contribution >= 4 is 14.9 Å². The van der Waals surface area contributed by atoms with Crippen molar-refractivity contribution in [1.82, 2.24) is 4.57 Å². The summed E-state index contributed by atoms with van der Waals surface area (Å²) in [4.78, 5) is 4.57. The van der Waals surface area contributed by atoms with Gasteiger partial charge >= 0.3 is 8.72 Å². The third-order valence-corrected chi connectivity index (χ3v) is 7.81. The maximum atomic E-state index is 6.13. The maximum absolute atomic E-state index is 6.13. The molecule has 1 aromatic rings. The predicted molar refractivity (Wildman–Crippen MR) is 93.5 cm³/mol. The number of benzene rings is 1. The summed E-state index contributed by atoms with van der Waals surface area (Å²) < 4.78 is 14.7. The van der Waals surface area contributed by atoms with E-state index in [2.05, 4.69) is 35.5 Å². The van der Waals surface area contributed by atoms with Gasteiger partial charge in [0.2, 0.25) is 0 Å². The lowest BCUT2D eigenvalue weighted by Crippen LogP contribution is -2.61. The lowest BCUT2D eigenvalue weighted by Gasteiger charge is -2.42. The summed E-state index contributed by atoms with van der Waals surface area (Å²) in [5.41, 5.74) is 1.15. The highest BCUT2D eigenvalue weighted by Gasteiger charge is 2.46. The first-order valence-corrected chi connectivity index (χ1v) is 10.4. The first kappa shape index (κ1) is 17.3. The molecule has 0 aliphatic carbocycles. The number of nitrogens with zero attached hydrogens (tertiary/aromatic N) is 2. The fourth-order valence-electron chi connectivity index (χ4n) is 2.97. The Morgan fingerprint density at radius 3 is 2.55 bits per heavy atom. The number of rotatable bonds is 8. The molecule has 1 fully saturated rings. The minimum absolute atomic E-state index is 0.732. The third-order valence-electron chi connectivity index (χ3n) is 3.93. The molecule has 4 nitrogen and oxygen atoms in total. The lowest BCUT2D eigenvalue weighted by molar-refractivity contribution is 0.110. The van der Waals surface area contributed by atoms with Crippen LogP contribution in [0.2, 0.25) is 6.04 Å². The summed E-state index contributed by atoms with van der Waals surface area (Å²) in [5, 5.41) is 0. The number of aliphatic imine (C=N–C) groups is 1. The Morgan fingerprint density at radius 2 is 1.86 bits per heavy atom. The van der Waals surface area contributed by atoms with Crippen LogP contribution in [0.3, 0.4) is 0 Å². The van der Waals surface area contributed by atoms with Gasteiger partial charge in [0.15, 0.2) is 0 Å². The van der Waals surface area contributed by atoms with Crippen molar-refractivity contribution in [2.45, 2.75) is 32.7 Å². The Labute approximate surface area is 135 Å². The molecule has 1 aliphatic heterocycles. The van der Waals surface area contributed by atoms with Crippen LogP contribution in [0.25, 0.3) is 0 Å². The Morgan fingerprint density at radius 1 is 1.14 bits per heavy atom. The van der Waals surface area contributed by atoms with Crippen molar-refractivity contribution in [2.24, 2.45) is 4.99 Å². The molecule has 1 aromatic carbocycles. The van der Waals surface area contributed by atoms with E-state index in [1.807, 2.05) is 24.4 Å². The first-order valence-electron chi connectivity index (χ1n) is 8.38. The van der Waals surface area contributed by atoms with Crippen LogP contribution in [-0.2, 0) is 8.85 Å². The van der Waals surface area contributed by atoms with Crippen molar-refractivity contribution in [3.8, 4) is 0 Å². The molecule has 1 aliphatic rings. The standard InChI is InChI=1S/C17H28N2O2Si/c1-3-20-22(21-4-2)15-9-8-13-19(22)14-12-18-16-17-10-6-5-7-11-17/h5-7,10-11,16H,3-4,8-9,12-15H2,1-2H3. The Kier molecular flexibility index (Phi) is 7.25. The molecule has 0 saturated carbocycles. The SMILES string of the molecule is CCO[Si]1(OCC)CCCCN1CCN=Cc1ccccc1. The van der Waals surface area contributed by atoms with Gasteiger partial charge in [0.25, 0.3) is 0 Å². The normalized spacial score (nSPS) is 18.8. The fourth-order valence-corrected chi connectivity index (χ4v) is 6.56. The van der Waals surface area contributed by atoms with Crippen LogP contribution in [0.5, 0.6) is 0 Å². The third kappa shape index (κ3) is 4.74. The van der Waals surface area contributed by atoms with Crippen molar-refractivity contribution < 1.29 is 8.85 Å². The van der Waals surface area contributed by atoms with Crippen molar-refractivity contribution in [3.63, 3.8) is 0 Å². The monoisotopic (exact) mass is 320 g/mol. The zero-order valence-corrected chi connectivity index (χ0v) is 14.8. The highest BCUT2D eigenvalue weighted by Crippen LogP contribution is 2.27. The molecule has 0 bridgehead atoms. The van der Waals surface area contributed by atoms with E-state index in [-0.39, 0.29) is 0 Å². The van der Waals surface area contributed by atoms with Gasteiger partial charge in [-0.05, 0) is 38.8 Å². The van der Waals surface area contributed by atoms with E-state index in [1.54, 1.807) is 0 Å². The van der Waals surface area contributed by atoms with E-state index in [0.29, 0.717) is 0 Å². The van der Waals surface area contributed by atoms with E-state index in [1.165, 1.54) is 12.8 Å². The van der Waals surface area contributed by atoms with Gasteiger partial charge in [0.1, 0.15) is 0 Å². The molecule has 2 rings (SSSR count). The molecule has 1 heterocycles. The van der Waals surface area contributed by atoms with E-state index >= 15 is 0 Å². The van der Waals surface area contributed by atoms with Gasteiger partial charge in [0.05, 0.1) is 6.54 Å². The van der Waals surface area contributed by atoms with Crippen LogP contribution < -0.4 is 0 Å². The second-order valence-electron chi connectivity index (χ2n) is 5.47. The van der Waals surface area contributed by atoms with Crippen molar-refractivity contribution in [1.29, 1.82) is 0 Å². The fraction of sp³-hybridized carbons (Fsp3) is 0.588. The van der Waals surface area contributed by atoms with E-state index in [4.69, 9.17) is 8.85 Å². The minimum Gasteiger partial charge on any atom is -0.383 e. The molecule has 0 radical (unpaired) electrons. The average Bonchev–Trinajstić information content (AvgIpc) is 2.55. The molecule has 22 heavy (non-hydrogen) atoms. The largest absolute Gasteiger partial charge is 0.427 e. The highest BCUT2D eigenvalue weighted by molar-refractivity contribution is 6.64. The maximum Gasteiger partial charge on any atom is 0.427 e. The Balaban J connectivity index is 1.92. The van der Waals surface area contributed by atoms with Gasteiger partial charge in [-0.15, -0.1) is 0 Å². The Hall–Kier alpha value is -1.01. The first-order chi connectivity index (χ1) is 10.8. The second kappa shape index (κ2) is 9.20. The molecule has 0 aromatic heterocycles. The van der Waals surface area contributed by atoms with Crippen molar-refractivity contribution in [2.75, 3.05) is 32.8 Å². The molecule has 0 atom stereocenters. The van der Waals surface area contributed by atoms with Crippen molar-refractivity contribution in [3.05, 3.63) is 35.9 Å². The molecular weight excluding hydrogens is 292 g/mol. The summed E-state index contributed by atoms with van der Waals surface area (Å²) in [6, 6.07) is 11.3. The second-order valence-corrected chi connectivity index (χ2v) is 8.60. The number of hydrogen-bond donors (Lipinski definition) is 0. The minimum atomic E-state index is -2.18. The van der Waals surface area contributed by atoms with Crippen LogP contribution in [0.4, 0.5) is 0 Å². The molecule has 0 spiro atoms. The average molecular weight is 321 g/mol. The topological polar surface area (TPSA) is 34.1 Å². The van der Waals surface area contributed by atoms with Gasteiger partial charge < -0.3 is 8.85 Å². The summed E-state index contributed by atoms with van der Waals surface area (Å²) in [6.45, 7) is 8.39.